The standard InChI is InChI=1S/C15H18N4O3/c1-9-16-14(19-18-9)17-13(20)15(2,3)10-4-5-11-12(8-10)22-7-6-21-11/h4-5,8H,6-7H2,1-3H3,(H2,16,17,18,19,20). The van der Waals surface area contributed by atoms with E-state index in [2.05, 4.69) is 20.5 Å². The van der Waals surface area contributed by atoms with Crippen molar-refractivity contribution in [1.29, 1.82) is 0 Å². The van der Waals surface area contributed by atoms with Crippen molar-refractivity contribution < 1.29 is 14.3 Å². The molecule has 116 valence electrons. The van der Waals surface area contributed by atoms with Gasteiger partial charge in [0.05, 0.1) is 5.41 Å². The molecule has 22 heavy (non-hydrogen) atoms. The smallest absolute Gasteiger partial charge is 0.248 e. The average molecular weight is 302 g/mol. The Morgan fingerprint density at radius 3 is 2.68 bits per heavy atom. The number of amides is 1. The molecule has 1 aliphatic heterocycles. The highest BCUT2D eigenvalue weighted by molar-refractivity contribution is 5.97. The van der Waals surface area contributed by atoms with Crippen molar-refractivity contribution in [3.05, 3.63) is 29.6 Å². The quantitative estimate of drug-likeness (QED) is 0.902. The summed E-state index contributed by atoms with van der Waals surface area (Å²) in [4.78, 5) is 16.6. The number of benzene rings is 1. The third-order valence-electron chi connectivity index (χ3n) is 3.65. The van der Waals surface area contributed by atoms with Gasteiger partial charge in [-0.3, -0.25) is 15.2 Å². The van der Waals surface area contributed by atoms with Gasteiger partial charge < -0.3 is 9.47 Å². The predicted molar refractivity (Wildman–Crippen MR) is 80.2 cm³/mol. The van der Waals surface area contributed by atoms with Gasteiger partial charge in [0.1, 0.15) is 19.0 Å². The lowest BCUT2D eigenvalue weighted by atomic mass is 9.83. The average Bonchev–Trinajstić information content (AvgIpc) is 2.91. The molecule has 0 spiro atoms. The van der Waals surface area contributed by atoms with E-state index in [1.165, 1.54) is 0 Å². The van der Waals surface area contributed by atoms with E-state index >= 15 is 0 Å². The molecule has 0 fully saturated rings. The highest BCUT2D eigenvalue weighted by Crippen LogP contribution is 2.35. The zero-order valence-corrected chi connectivity index (χ0v) is 12.8. The van der Waals surface area contributed by atoms with Crippen LogP contribution in [0.25, 0.3) is 0 Å². The number of aromatic nitrogens is 3. The highest BCUT2D eigenvalue weighted by atomic mass is 16.6. The summed E-state index contributed by atoms with van der Waals surface area (Å²) in [5, 5.41) is 9.33. The number of aryl methyl sites for hydroxylation is 1. The van der Waals surface area contributed by atoms with Crippen molar-refractivity contribution >= 4 is 11.9 Å². The van der Waals surface area contributed by atoms with Crippen molar-refractivity contribution in [3.8, 4) is 11.5 Å². The fourth-order valence-electron chi connectivity index (χ4n) is 2.22. The van der Waals surface area contributed by atoms with E-state index in [9.17, 15) is 4.79 Å². The van der Waals surface area contributed by atoms with Crippen LogP contribution in [0.2, 0.25) is 0 Å². The van der Waals surface area contributed by atoms with E-state index in [1.807, 2.05) is 32.0 Å². The Morgan fingerprint density at radius 1 is 1.27 bits per heavy atom. The molecule has 2 heterocycles. The summed E-state index contributed by atoms with van der Waals surface area (Å²) < 4.78 is 11.1. The molecule has 0 saturated heterocycles. The lowest BCUT2D eigenvalue weighted by Gasteiger charge is -2.26. The number of nitrogens with zero attached hydrogens (tertiary/aromatic N) is 2. The first-order valence-corrected chi connectivity index (χ1v) is 7.07. The number of carbonyl (C=O) groups excluding carboxylic acids is 1. The number of hydrogen-bond donors (Lipinski definition) is 2. The van der Waals surface area contributed by atoms with E-state index in [4.69, 9.17) is 9.47 Å². The maximum atomic E-state index is 12.5. The molecule has 0 aliphatic carbocycles. The van der Waals surface area contributed by atoms with Gasteiger partial charge in [-0.15, -0.1) is 5.10 Å². The number of anilines is 1. The predicted octanol–water partition coefficient (Wildman–Crippen LogP) is 1.80. The van der Waals surface area contributed by atoms with E-state index in [1.54, 1.807) is 6.92 Å². The number of nitrogens with one attached hydrogen (secondary N) is 2. The SMILES string of the molecule is Cc1nc(NC(=O)C(C)(C)c2ccc3c(c2)OCCO3)n[nH]1. The summed E-state index contributed by atoms with van der Waals surface area (Å²) in [5.41, 5.74) is 0.0752. The van der Waals surface area contributed by atoms with Gasteiger partial charge in [-0.05, 0) is 38.5 Å². The van der Waals surface area contributed by atoms with Gasteiger partial charge in [-0.1, -0.05) is 6.07 Å². The van der Waals surface area contributed by atoms with Gasteiger partial charge in [0.25, 0.3) is 0 Å². The fraction of sp³-hybridized carbons (Fsp3) is 0.400. The Labute approximate surface area is 128 Å². The van der Waals surface area contributed by atoms with Crippen LogP contribution >= 0.6 is 0 Å². The summed E-state index contributed by atoms with van der Waals surface area (Å²) in [7, 11) is 0. The third-order valence-corrected chi connectivity index (χ3v) is 3.65. The highest BCUT2D eigenvalue weighted by Gasteiger charge is 2.32. The number of aromatic amines is 1. The lowest BCUT2D eigenvalue weighted by molar-refractivity contribution is -0.120. The first kappa shape index (κ1) is 14.4. The molecule has 0 radical (unpaired) electrons. The molecule has 7 nitrogen and oxygen atoms in total. The van der Waals surface area contributed by atoms with Crippen molar-refractivity contribution in [2.45, 2.75) is 26.2 Å². The number of rotatable bonds is 3. The summed E-state index contributed by atoms with van der Waals surface area (Å²) >= 11 is 0. The van der Waals surface area contributed by atoms with Crippen molar-refractivity contribution in [1.82, 2.24) is 15.2 Å². The Balaban J connectivity index is 1.83. The number of H-pyrrole nitrogens is 1. The van der Waals surface area contributed by atoms with Crippen molar-refractivity contribution in [3.63, 3.8) is 0 Å². The van der Waals surface area contributed by atoms with Crippen molar-refractivity contribution in [2.24, 2.45) is 0 Å². The molecule has 1 aromatic carbocycles. The fourth-order valence-corrected chi connectivity index (χ4v) is 2.22. The van der Waals surface area contributed by atoms with Gasteiger partial charge >= 0.3 is 0 Å². The van der Waals surface area contributed by atoms with E-state index < -0.39 is 5.41 Å². The van der Waals surface area contributed by atoms with Crippen LogP contribution in [0.5, 0.6) is 11.5 Å². The zero-order valence-electron chi connectivity index (χ0n) is 12.8. The largest absolute Gasteiger partial charge is 0.486 e. The van der Waals surface area contributed by atoms with E-state index in [0.29, 0.717) is 30.5 Å². The van der Waals surface area contributed by atoms with Gasteiger partial charge in [-0.2, -0.15) is 4.98 Å². The molecule has 1 aromatic heterocycles. The maximum Gasteiger partial charge on any atom is 0.248 e. The number of fused-ring (bicyclic) bond motifs is 1. The Hall–Kier alpha value is -2.57. The minimum atomic E-state index is -0.760. The van der Waals surface area contributed by atoms with Crippen LogP contribution in [0, 0.1) is 6.92 Å². The van der Waals surface area contributed by atoms with Crippen LogP contribution in [0.4, 0.5) is 5.95 Å². The Bertz CT molecular complexity index is 709. The molecule has 7 heteroatoms. The van der Waals surface area contributed by atoms with Gasteiger partial charge in [0, 0.05) is 0 Å². The normalized spacial score (nSPS) is 13.8. The Morgan fingerprint density at radius 2 is 2.00 bits per heavy atom. The van der Waals surface area contributed by atoms with Gasteiger partial charge in [0.15, 0.2) is 11.5 Å². The summed E-state index contributed by atoms with van der Waals surface area (Å²) in [5.74, 6) is 2.10. The summed E-state index contributed by atoms with van der Waals surface area (Å²) in [6, 6.07) is 5.55. The Kier molecular flexibility index (Phi) is 3.48. The molecule has 0 unspecified atom stereocenters. The molecule has 1 aliphatic rings. The number of carbonyl (C=O) groups is 1. The maximum absolute atomic E-state index is 12.5. The number of ether oxygens (including phenoxy) is 2. The molecule has 0 bridgehead atoms. The topological polar surface area (TPSA) is 89.1 Å². The van der Waals surface area contributed by atoms with Crippen LogP contribution in [0.3, 0.4) is 0 Å². The lowest BCUT2D eigenvalue weighted by Crippen LogP contribution is -2.35. The second-order valence-electron chi connectivity index (χ2n) is 5.68. The third kappa shape index (κ3) is 2.61. The minimum Gasteiger partial charge on any atom is -0.486 e. The molecule has 1 amide bonds. The number of hydrogen-bond acceptors (Lipinski definition) is 5. The van der Waals surface area contributed by atoms with Crippen LogP contribution in [0.1, 0.15) is 25.2 Å². The first-order chi connectivity index (χ1) is 10.5. The summed E-state index contributed by atoms with van der Waals surface area (Å²) in [6.45, 7) is 6.51. The molecule has 2 aromatic rings. The van der Waals surface area contributed by atoms with Gasteiger partial charge in [0.2, 0.25) is 11.9 Å². The van der Waals surface area contributed by atoms with Crippen molar-refractivity contribution in [2.75, 3.05) is 18.5 Å². The second kappa shape index (κ2) is 5.32. The second-order valence-corrected chi connectivity index (χ2v) is 5.68. The zero-order chi connectivity index (χ0) is 15.7. The van der Waals surface area contributed by atoms with Crippen LogP contribution in [-0.2, 0) is 10.2 Å². The molecule has 3 rings (SSSR count). The van der Waals surface area contributed by atoms with Crippen LogP contribution < -0.4 is 14.8 Å². The van der Waals surface area contributed by atoms with Gasteiger partial charge in [-0.25, -0.2) is 0 Å². The summed E-state index contributed by atoms with van der Waals surface area (Å²) in [6.07, 6.45) is 0. The first-order valence-electron chi connectivity index (χ1n) is 7.07. The molecule has 2 N–H and O–H groups in total. The van der Waals surface area contributed by atoms with E-state index in [0.717, 1.165) is 5.56 Å². The monoisotopic (exact) mass is 302 g/mol. The molecule has 0 saturated carbocycles. The van der Waals surface area contributed by atoms with E-state index in [-0.39, 0.29) is 11.9 Å². The molecular formula is C15H18N4O3. The minimum absolute atomic E-state index is 0.192. The van der Waals surface area contributed by atoms with Crippen LogP contribution in [0.15, 0.2) is 18.2 Å². The van der Waals surface area contributed by atoms with Crippen LogP contribution in [-0.4, -0.2) is 34.3 Å². The molecular weight excluding hydrogens is 284 g/mol. The molecule has 0 atom stereocenters.